The van der Waals surface area contributed by atoms with Crippen LogP contribution in [0.2, 0.25) is 0 Å². The summed E-state index contributed by atoms with van der Waals surface area (Å²) < 4.78 is 36.0. The highest BCUT2D eigenvalue weighted by molar-refractivity contribution is 5.85. The van der Waals surface area contributed by atoms with Gasteiger partial charge in [-0.1, -0.05) is 6.92 Å². The maximum atomic E-state index is 12.0. The van der Waals surface area contributed by atoms with Crippen LogP contribution in [-0.2, 0) is 4.79 Å². The van der Waals surface area contributed by atoms with Gasteiger partial charge < -0.3 is 5.73 Å². The van der Waals surface area contributed by atoms with Crippen molar-refractivity contribution < 1.29 is 18.0 Å². The lowest BCUT2D eigenvalue weighted by Crippen LogP contribution is -2.41. The van der Waals surface area contributed by atoms with Crippen LogP contribution in [0.1, 0.15) is 13.3 Å². The van der Waals surface area contributed by atoms with Crippen molar-refractivity contribution in [2.24, 2.45) is 11.7 Å². The first-order chi connectivity index (χ1) is 6.29. The molecule has 4 nitrogen and oxygen atoms in total. The predicted molar refractivity (Wildman–Crippen MR) is 48.8 cm³/mol. The topological polar surface area (TPSA) is 78.9 Å². The summed E-state index contributed by atoms with van der Waals surface area (Å²) in [6.45, 7) is 0.930. The summed E-state index contributed by atoms with van der Waals surface area (Å²) in [6.07, 6.45) is -3.60. The Morgan fingerprint density at radius 3 is 2.40 bits per heavy atom. The Morgan fingerprint density at radius 1 is 1.60 bits per heavy atom. The van der Waals surface area contributed by atoms with Crippen LogP contribution in [-0.4, -0.2) is 18.1 Å². The van der Waals surface area contributed by atoms with Crippen molar-refractivity contribution in [2.75, 3.05) is 0 Å². The zero-order valence-electron chi connectivity index (χ0n) is 7.84. The number of alkyl halides is 3. The van der Waals surface area contributed by atoms with E-state index in [2.05, 4.69) is 0 Å². The Bertz CT molecular complexity index is 251. The molecule has 15 heavy (non-hydrogen) atoms. The molecule has 2 unspecified atom stereocenters. The van der Waals surface area contributed by atoms with Gasteiger partial charge in [-0.15, -0.1) is 12.4 Å². The lowest BCUT2D eigenvalue weighted by atomic mass is 10.0. The Kier molecular flexibility index (Phi) is 7.10. The highest BCUT2D eigenvalue weighted by atomic mass is 35.5. The molecular formula is C7H11ClF3N3O. The molecule has 0 aromatic carbocycles. The van der Waals surface area contributed by atoms with Gasteiger partial charge in [-0.2, -0.15) is 18.4 Å². The summed E-state index contributed by atoms with van der Waals surface area (Å²) in [7, 11) is 0. The minimum absolute atomic E-state index is 0. The van der Waals surface area contributed by atoms with E-state index >= 15 is 0 Å². The molecule has 0 aromatic heterocycles. The van der Waals surface area contributed by atoms with Crippen LogP contribution >= 0.6 is 12.4 Å². The number of nitriles is 1. The standard InChI is InChI=1S/C7H10F3N3O.ClH/c1-4(7(8,9)10)2-5(12)6(14)13-3-11;/h4-5H,2,12H2,1H3,(H,13,14);1H. The molecule has 0 aliphatic carbocycles. The molecule has 0 aromatic rings. The molecular weight excluding hydrogens is 235 g/mol. The minimum atomic E-state index is -4.37. The number of carbonyl (C=O) groups is 1. The number of halogens is 4. The molecule has 8 heteroatoms. The van der Waals surface area contributed by atoms with Gasteiger partial charge in [0.05, 0.1) is 12.0 Å². The third-order valence-electron chi connectivity index (χ3n) is 1.68. The molecule has 0 saturated carbocycles. The monoisotopic (exact) mass is 245 g/mol. The summed E-state index contributed by atoms with van der Waals surface area (Å²) in [5, 5.41) is 9.70. The molecule has 0 spiro atoms. The van der Waals surface area contributed by atoms with Crippen molar-refractivity contribution in [3.8, 4) is 6.19 Å². The van der Waals surface area contributed by atoms with E-state index in [4.69, 9.17) is 11.0 Å². The van der Waals surface area contributed by atoms with Gasteiger partial charge in [0.1, 0.15) is 0 Å². The summed E-state index contributed by atoms with van der Waals surface area (Å²) in [5.41, 5.74) is 5.14. The van der Waals surface area contributed by atoms with Gasteiger partial charge in [0.25, 0.3) is 0 Å². The largest absolute Gasteiger partial charge is 0.391 e. The molecule has 0 radical (unpaired) electrons. The fraction of sp³-hybridized carbons (Fsp3) is 0.714. The molecule has 0 heterocycles. The predicted octanol–water partition coefficient (Wildman–Crippen LogP) is 0.921. The van der Waals surface area contributed by atoms with Crippen molar-refractivity contribution in [2.45, 2.75) is 25.6 Å². The van der Waals surface area contributed by atoms with E-state index in [0.29, 0.717) is 0 Å². The second-order valence-corrected chi connectivity index (χ2v) is 2.89. The summed E-state index contributed by atoms with van der Waals surface area (Å²) in [4.78, 5) is 10.8. The molecule has 2 atom stereocenters. The second-order valence-electron chi connectivity index (χ2n) is 2.89. The van der Waals surface area contributed by atoms with E-state index in [1.54, 1.807) is 5.32 Å². The third kappa shape index (κ3) is 6.14. The van der Waals surface area contributed by atoms with Gasteiger partial charge in [-0.25, -0.2) is 0 Å². The van der Waals surface area contributed by atoms with Crippen molar-refractivity contribution in [3.05, 3.63) is 0 Å². The first kappa shape index (κ1) is 16.4. The van der Waals surface area contributed by atoms with Crippen LogP contribution in [0, 0.1) is 17.4 Å². The fourth-order valence-corrected chi connectivity index (χ4v) is 0.769. The van der Waals surface area contributed by atoms with Crippen LogP contribution in [0.4, 0.5) is 13.2 Å². The fourth-order valence-electron chi connectivity index (χ4n) is 0.769. The number of rotatable bonds is 3. The zero-order chi connectivity index (χ0) is 11.4. The van der Waals surface area contributed by atoms with Gasteiger partial charge in [-0.3, -0.25) is 10.1 Å². The highest BCUT2D eigenvalue weighted by Crippen LogP contribution is 2.28. The molecule has 3 N–H and O–H groups in total. The van der Waals surface area contributed by atoms with Gasteiger partial charge in [-0.05, 0) is 6.42 Å². The Hall–Kier alpha value is -1.00. The number of carbonyl (C=O) groups excluding carboxylic acids is 1. The number of hydrogen-bond acceptors (Lipinski definition) is 3. The van der Waals surface area contributed by atoms with Crippen molar-refractivity contribution in [3.63, 3.8) is 0 Å². The molecule has 0 aliphatic rings. The lowest BCUT2D eigenvalue weighted by molar-refractivity contribution is -0.172. The van der Waals surface area contributed by atoms with Crippen LogP contribution in [0.3, 0.4) is 0 Å². The number of nitrogens with two attached hydrogens (primary N) is 1. The molecule has 88 valence electrons. The van der Waals surface area contributed by atoms with Crippen LogP contribution < -0.4 is 11.1 Å². The van der Waals surface area contributed by atoms with Crippen molar-refractivity contribution in [1.29, 1.82) is 5.26 Å². The SMILES string of the molecule is CC(CC(N)C(=O)NC#N)C(F)(F)F.Cl. The number of hydrogen-bond donors (Lipinski definition) is 2. The summed E-state index contributed by atoms with van der Waals surface area (Å²) in [5.74, 6) is -2.56. The number of nitrogens with one attached hydrogen (secondary N) is 1. The van der Waals surface area contributed by atoms with Crippen LogP contribution in [0.5, 0.6) is 0 Å². The smallest absolute Gasteiger partial charge is 0.320 e. The summed E-state index contributed by atoms with van der Waals surface area (Å²) in [6, 6.07) is -1.31. The molecule has 0 bridgehead atoms. The van der Waals surface area contributed by atoms with Crippen molar-refractivity contribution >= 4 is 18.3 Å². The maximum Gasteiger partial charge on any atom is 0.391 e. The average Bonchev–Trinajstić information content (AvgIpc) is 2.02. The van der Waals surface area contributed by atoms with Gasteiger partial charge in [0, 0.05) is 0 Å². The van der Waals surface area contributed by atoms with Crippen LogP contribution in [0.15, 0.2) is 0 Å². The second kappa shape index (κ2) is 6.48. The van der Waals surface area contributed by atoms with E-state index in [-0.39, 0.29) is 12.4 Å². The zero-order valence-corrected chi connectivity index (χ0v) is 8.65. The summed E-state index contributed by atoms with van der Waals surface area (Å²) >= 11 is 0. The van der Waals surface area contributed by atoms with Gasteiger partial charge in [0.15, 0.2) is 6.19 Å². The quantitative estimate of drug-likeness (QED) is 0.573. The van der Waals surface area contributed by atoms with E-state index in [1.165, 1.54) is 6.19 Å². The lowest BCUT2D eigenvalue weighted by Gasteiger charge is -2.18. The number of nitrogens with zero attached hydrogens (tertiary/aromatic N) is 1. The Balaban J connectivity index is 0. The molecule has 0 saturated heterocycles. The first-order valence-corrected chi connectivity index (χ1v) is 3.80. The van der Waals surface area contributed by atoms with E-state index in [0.717, 1.165) is 6.92 Å². The maximum absolute atomic E-state index is 12.0. The Labute approximate surface area is 91.0 Å². The van der Waals surface area contributed by atoms with E-state index < -0.39 is 30.5 Å². The molecule has 0 aliphatic heterocycles. The van der Waals surface area contributed by atoms with E-state index in [9.17, 15) is 18.0 Å². The average molecular weight is 246 g/mol. The number of amides is 1. The van der Waals surface area contributed by atoms with Gasteiger partial charge >= 0.3 is 6.18 Å². The van der Waals surface area contributed by atoms with Gasteiger partial charge in [0.2, 0.25) is 5.91 Å². The minimum Gasteiger partial charge on any atom is -0.320 e. The van der Waals surface area contributed by atoms with E-state index in [1.807, 2.05) is 0 Å². The molecule has 0 fully saturated rings. The third-order valence-corrected chi connectivity index (χ3v) is 1.68. The highest BCUT2D eigenvalue weighted by Gasteiger charge is 2.37. The first-order valence-electron chi connectivity index (χ1n) is 3.80. The molecule has 0 rings (SSSR count). The Morgan fingerprint density at radius 2 is 2.07 bits per heavy atom. The molecule has 1 amide bonds. The normalized spacial score (nSPS) is 14.4. The van der Waals surface area contributed by atoms with Crippen LogP contribution in [0.25, 0.3) is 0 Å². The van der Waals surface area contributed by atoms with Crippen molar-refractivity contribution in [1.82, 2.24) is 5.32 Å².